The summed E-state index contributed by atoms with van der Waals surface area (Å²) in [7, 11) is 0. The van der Waals surface area contributed by atoms with Gasteiger partial charge in [0.15, 0.2) is 5.60 Å². The van der Waals surface area contributed by atoms with Gasteiger partial charge in [-0.05, 0) is 43.3 Å². The minimum absolute atomic E-state index is 0.198. The monoisotopic (exact) mass is 545 g/mol. The molecule has 0 fully saturated rings. The molecule has 1 heterocycles. The summed E-state index contributed by atoms with van der Waals surface area (Å²) < 4.78 is 70.8. The van der Waals surface area contributed by atoms with Gasteiger partial charge < -0.3 is 21.1 Å². The van der Waals surface area contributed by atoms with Gasteiger partial charge in [0, 0.05) is 11.6 Å². The predicted molar refractivity (Wildman–Crippen MR) is 124 cm³/mol. The molecule has 2 aromatic carbocycles. The van der Waals surface area contributed by atoms with Crippen LogP contribution in [0.2, 0.25) is 5.02 Å². The van der Waals surface area contributed by atoms with E-state index in [4.69, 9.17) is 17.3 Å². The van der Waals surface area contributed by atoms with E-state index in [9.17, 15) is 36.6 Å². The van der Waals surface area contributed by atoms with E-state index in [-0.39, 0.29) is 11.4 Å². The molecule has 1 aromatic heterocycles. The first-order valence-corrected chi connectivity index (χ1v) is 11.1. The molecular formula is C23H21ClF5N5O3. The van der Waals surface area contributed by atoms with E-state index in [2.05, 4.69) is 5.10 Å². The van der Waals surface area contributed by atoms with Crippen LogP contribution in [-0.4, -0.2) is 63.0 Å². The summed E-state index contributed by atoms with van der Waals surface area (Å²) in [5, 5.41) is 16.8. The fourth-order valence-corrected chi connectivity index (χ4v) is 3.52. The van der Waals surface area contributed by atoms with Crippen molar-refractivity contribution in [3.63, 3.8) is 0 Å². The zero-order valence-corrected chi connectivity index (χ0v) is 19.9. The Kier molecular flexibility index (Phi) is 8.08. The molecule has 0 aliphatic carbocycles. The smallest absolute Gasteiger partial charge is 0.383 e. The van der Waals surface area contributed by atoms with Gasteiger partial charge in [0.05, 0.1) is 25.0 Å². The summed E-state index contributed by atoms with van der Waals surface area (Å²) in [6.45, 7) is -1.98. The number of rotatable bonds is 8. The van der Waals surface area contributed by atoms with E-state index in [0.717, 1.165) is 29.1 Å². The SMILES string of the molecule is CCN(CC(O)(CNC(=O)c1cnn(-c2ccc(Cl)cc2)c1N)C(F)(F)F)C(=O)c1c(F)cccc1F. The van der Waals surface area contributed by atoms with Gasteiger partial charge in [-0.25, -0.2) is 13.5 Å². The van der Waals surface area contributed by atoms with Gasteiger partial charge >= 0.3 is 6.18 Å². The number of anilines is 1. The molecule has 2 amide bonds. The lowest BCUT2D eigenvalue weighted by Gasteiger charge is -2.35. The minimum atomic E-state index is -5.35. The summed E-state index contributed by atoms with van der Waals surface area (Å²) in [5.74, 6) is -5.24. The number of benzene rings is 2. The minimum Gasteiger partial charge on any atom is -0.383 e. The van der Waals surface area contributed by atoms with E-state index in [1.54, 1.807) is 12.1 Å². The topological polar surface area (TPSA) is 113 Å². The highest BCUT2D eigenvalue weighted by Gasteiger charge is 2.55. The lowest BCUT2D eigenvalue weighted by molar-refractivity contribution is -0.259. The largest absolute Gasteiger partial charge is 0.420 e. The first-order chi connectivity index (χ1) is 17.3. The number of nitrogens with zero attached hydrogens (tertiary/aromatic N) is 3. The highest BCUT2D eigenvalue weighted by molar-refractivity contribution is 6.30. The second kappa shape index (κ2) is 10.7. The highest BCUT2D eigenvalue weighted by Crippen LogP contribution is 2.32. The molecule has 0 bridgehead atoms. The molecule has 8 nitrogen and oxygen atoms in total. The van der Waals surface area contributed by atoms with Crippen LogP contribution in [-0.2, 0) is 0 Å². The summed E-state index contributed by atoms with van der Waals surface area (Å²) in [6.07, 6.45) is -4.32. The Balaban J connectivity index is 1.81. The maximum Gasteiger partial charge on any atom is 0.420 e. The fourth-order valence-electron chi connectivity index (χ4n) is 3.39. The maximum absolute atomic E-state index is 14.0. The van der Waals surface area contributed by atoms with Crippen LogP contribution < -0.4 is 11.1 Å². The standard InChI is InChI=1S/C23H21ClF5N5O3/c1-2-33(21(36)18-16(25)4-3-5-17(18)26)12-22(37,23(27,28)29)11-31-20(35)15-10-32-34(19(15)30)14-8-6-13(24)7-9-14/h3-10,37H,2,11-12,30H2,1H3,(H,31,35). The van der Waals surface area contributed by atoms with Crippen molar-refractivity contribution in [3.05, 3.63) is 76.4 Å². The Morgan fingerprint density at radius 2 is 1.73 bits per heavy atom. The molecule has 14 heteroatoms. The van der Waals surface area contributed by atoms with Gasteiger partial charge in [-0.2, -0.15) is 18.3 Å². The molecule has 4 N–H and O–H groups in total. The average Bonchev–Trinajstić information content (AvgIpc) is 3.21. The van der Waals surface area contributed by atoms with E-state index in [0.29, 0.717) is 15.6 Å². The summed E-state index contributed by atoms with van der Waals surface area (Å²) >= 11 is 5.83. The quantitative estimate of drug-likeness (QED) is 0.375. The Bertz CT molecular complexity index is 1280. The number of nitrogen functional groups attached to an aromatic ring is 1. The average molecular weight is 546 g/mol. The van der Waals surface area contributed by atoms with Crippen molar-refractivity contribution in [1.29, 1.82) is 0 Å². The number of hydrogen-bond donors (Lipinski definition) is 3. The van der Waals surface area contributed by atoms with Crippen LogP contribution in [0.15, 0.2) is 48.7 Å². The summed E-state index contributed by atoms with van der Waals surface area (Å²) in [4.78, 5) is 25.7. The first kappa shape index (κ1) is 27.9. The number of amides is 2. The second-order valence-corrected chi connectivity index (χ2v) is 8.40. The van der Waals surface area contributed by atoms with Crippen molar-refractivity contribution < 1.29 is 36.6 Å². The number of aromatic nitrogens is 2. The number of nitrogens with one attached hydrogen (secondary N) is 1. The zero-order valence-electron chi connectivity index (χ0n) is 19.2. The number of halogens is 6. The van der Waals surface area contributed by atoms with Crippen molar-refractivity contribution in [1.82, 2.24) is 20.0 Å². The van der Waals surface area contributed by atoms with Crippen LogP contribution >= 0.6 is 11.6 Å². The fraction of sp³-hybridized carbons (Fsp3) is 0.261. The van der Waals surface area contributed by atoms with Crippen molar-refractivity contribution in [2.75, 3.05) is 25.4 Å². The first-order valence-electron chi connectivity index (χ1n) is 10.7. The van der Waals surface area contributed by atoms with E-state index >= 15 is 0 Å². The lowest BCUT2D eigenvalue weighted by Crippen LogP contribution is -2.60. The third-order valence-corrected chi connectivity index (χ3v) is 5.74. The molecule has 0 aliphatic heterocycles. The number of alkyl halides is 3. The third kappa shape index (κ3) is 5.83. The van der Waals surface area contributed by atoms with Gasteiger partial charge in [0.25, 0.3) is 11.8 Å². The van der Waals surface area contributed by atoms with Crippen LogP contribution in [0.25, 0.3) is 5.69 Å². The molecule has 1 atom stereocenters. The summed E-state index contributed by atoms with van der Waals surface area (Å²) in [6, 6.07) is 8.70. The molecule has 3 rings (SSSR count). The van der Waals surface area contributed by atoms with E-state index < -0.39 is 60.4 Å². The lowest BCUT2D eigenvalue weighted by atomic mass is 10.0. The van der Waals surface area contributed by atoms with Crippen LogP contribution in [0.4, 0.5) is 27.8 Å². The van der Waals surface area contributed by atoms with Crippen LogP contribution in [0, 0.1) is 11.6 Å². The van der Waals surface area contributed by atoms with Gasteiger partial charge in [0.1, 0.15) is 28.6 Å². The second-order valence-electron chi connectivity index (χ2n) is 7.96. The highest BCUT2D eigenvalue weighted by atomic mass is 35.5. The molecule has 0 saturated carbocycles. The Morgan fingerprint density at radius 1 is 1.14 bits per heavy atom. The summed E-state index contributed by atoms with van der Waals surface area (Å²) in [5.41, 5.74) is 1.33. The molecule has 0 saturated heterocycles. The van der Waals surface area contributed by atoms with Crippen molar-refractivity contribution in [3.8, 4) is 5.69 Å². The molecule has 37 heavy (non-hydrogen) atoms. The number of carbonyl (C=O) groups excluding carboxylic acids is 2. The van der Waals surface area contributed by atoms with Gasteiger partial charge in [0.2, 0.25) is 0 Å². The molecule has 0 radical (unpaired) electrons. The third-order valence-electron chi connectivity index (χ3n) is 5.49. The van der Waals surface area contributed by atoms with Crippen molar-refractivity contribution in [2.24, 2.45) is 0 Å². The van der Waals surface area contributed by atoms with Crippen molar-refractivity contribution >= 4 is 29.2 Å². The molecule has 0 aliphatic rings. The number of nitrogens with two attached hydrogens (primary N) is 1. The number of likely N-dealkylation sites (N-methyl/N-ethyl adjacent to an activating group) is 1. The van der Waals surface area contributed by atoms with Crippen LogP contribution in [0.5, 0.6) is 0 Å². The number of carbonyl (C=O) groups is 2. The molecule has 0 spiro atoms. The Morgan fingerprint density at radius 3 is 2.27 bits per heavy atom. The number of aliphatic hydroxyl groups is 1. The van der Waals surface area contributed by atoms with Crippen LogP contribution in [0.3, 0.4) is 0 Å². The van der Waals surface area contributed by atoms with E-state index in [1.807, 2.05) is 5.32 Å². The molecule has 3 aromatic rings. The molecular weight excluding hydrogens is 525 g/mol. The van der Waals surface area contributed by atoms with Crippen LogP contribution in [0.1, 0.15) is 27.6 Å². The molecule has 198 valence electrons. The predicted octanol–water partition coefficient (Wildman–Crippen LogP) is 3.57. The Labute approximate surface area is 212 Å². The van der Waals surface area contributed by atoms with Gasteiger partial charge in [-0.1, -0.05) is 17.7 Å². The normalized spacial score (nSPS) is 13.2. The zero-order chi connectivity index (χ0) is 27.5. The van der Waals surface area contributed by atoms with E-state index in [1.165, 1.54) is 19.1 Å². The maximum atomic E-state index is 14.0. The van der Waals surface area contributed by atoms with Gasteiger partial charge in [-0.3, -0.25) is 9.59 Å². The number of hydrogen-bond acceptors (Lipinski definition) is 5. The molecule has 1 unspecified atom stereocenters. The van der Waals surface area contributed by atoms with Crippen molar-refractivity contribution in [2.45, 2.75) is 18.7 Å². The van der Waals surface area contributed by atoms with Gasteiger partial charge in [-0.15, -0.1) is 0 Å². The Hall–Kier alpha value is -3.71.